The van der Waals surface area contributed by atoms with E-state index >= 15 is 0 Å². The lowest BCUT2D eigenvalue weighted by Gasteiger charge is -1.97. The van der Waals surface area contributed by atoms with Gasteiger partial charge in [-0.3, -0.25) is 0 Å². The summed E-state index contributed by atoms with van der Waals surface area (Å²) in [6.07, 6.45) is 0. The van der Waals surface area contributed by atoms with Crippen LogP contribution in [0, 0.1) is 11.6 Å². The fourth-order valence-corrected chi connectivity index (χ4v) is 2.20. The Morgan fingerprint density at radius 2 is 2.00 bits per heavy atom. The number of hydrogen-bond donors (Lipinski definition) is 0. The van der Waals surface area contributed by atoms with Gasteiger partial charge in [-0.1, -0.05) is 5.16 Å². The zero-order valence-corrected chi connectivity index (χ0v) is 10.3. The molecule has 0 aliphatic heterocycles. The van der Waals surface area contributed by atoms with Crippen LogP contribution in [0.5, 0.6) is 0 Å². The molecule has 8 heteroatoms. The average Bonchev–Trinajstić information content (AvgIpc) is 2.63. The quantitative estimate of drug-likeness (QED) is 0.816. The van der Waals surface area contributed by atoms with Gasteiger partial charge in [-0.15, -0.1) is 0 Å². The summed E-state index contributed by atoms with van der Waals surface area (Å²) in [6, 6.07) is 4.15. The molecule has 96 valence electrons. The SMILES string of the molecule is O=S(=O)(Cl)Cc1cc(-c2ccc(F)cc2F)on1. The van der Waals surface area contributed by atoms with Gasteiger partial charge in [-0.25, -0.2) is 17.2 Å². The van der Waals surface area contributed by atoms with E-state index in [0.29, 0.717) is 6.07 Å². The van der Waals surface area contributed by atoms with Crippen LogP contribution in [-0.2, 0) is 14.8 Å². The first-order chi connectivity index (χ1) is 8.35. The molecule has 2 rings (SSSR count). The molecular formula is C10H6ClF2NO3S. The molecule has 0 saturated carbocycles. The maximum Gasteiger partial charge on any atom is 0.238 e. The molecule has 0 saturated heterocycles. The predicted molar refractivity (Wildman–Crippen MR) is 60.3 cm³/mol. The van der Waals surface area contributed by atoms with Crippen molar-refractivity contribution >= 4 is 19.7 Å². The van der Waals surface area contributed by atoms with Crippen molar-refractivity contribution in [2.24, 2.45) is 0 Å². The standard InChI is InChI=1S/C10H6ClF2NO3S/c11-18(15,16)5-7-4-10(17-14-7)8-2-1-6(12)3-9(8)13/h1-4H,5H2. The molecule has 0 atom stereocenters. The molecule has 1 aromatic heterocycles. The lowest BCUT2D eigenvalue weighted by Crippen LogP contribution is -1.94. The first kappa shape index (κ1) is 13.0. The largest absolute Gasteiger partial charge is 0.356 e. The second kappa shape index (κ2) is 4.66. The van der Waals surface area contributed by atoms with Gasteiger partial charge in [0.2, 0.25) is 9.05 Å². The average molecular weight is 294 g/mol. The highest BCUT2D eigenvalue weighted by atomic mass is 35.7. The van der Waals surface area contributed by atoms with E-state index in [1.807, 2.05) is 0 Å². The van der Waals surface area contributed by atoms with E-state index in [0.717, 1.165) is 6.07 Å². The molecule has 0 amide bonds. The first-order valence-electron chi connectivity index (χ1n) is 4.68. The van der Waals surface area contributed by atoms with Gasteiger partial charge in [0, 0.05) is 22.8 Å². The number of rotatable bonds is 3. The number of nitrogens with zero attached hydrogens (tertiary/aromatic N) is 1. The highest BCUT2D eigenvalue weighted by Crippen LogP contribution is 2.25. The van der Waals surface area contributed by atoms with Crippen molar-refractivity contribution in [3.8, 4) is 11.3 Å². The summed E-state index contributed by atoms with van der Waals surface area (Å²) in [5, 5.41) is 3.44. The normalized spacial score (nSPS) is 11.7. The van der Waals surface area contributed by atoms with Gasteiger partial charge in [0.05, 0.1) is 5.56 Å². The van der Waals surface area contributed by atoms with Crippen LogP contribution in [0.1, 0.15) is 5.69 Å². The van der Waals surface area contributed by atoms with Gasteiger partial charge in [-0.2, -0.15) is 0 Å². The zero-order chi connectivity index (χ0) is 13.3. The fourth-order valence-electron chi connectivity index (χ4n) is 1.37. The molecule has 0 bridgehead atoms. The zero-order valence-electron chi connectivity index (χ0n) is 8.73. The van der Waals surface area contributed by atoms with E-state index in [9.17, 15) is 17.2 Å². The molecule has 0 aliphatic rings. The van der Waals surface area contributed by atoms with E-state index in [1.54, 1.807) is 0 Å². The second-order valence-corrected chi connectivity index (χ2v) is 6.27. The van der Waals surface area contributed by atoms with Crippen LogP contribution in [-0.4, -0.2) is 13.6 Å². The fraction of sp³-hybridized carbons (Fsp3) is 0.100. The van der Waals surface area contributed by atoms with E-state index < -0.39 is 26.4 Å². The maximum atomic E-state index is 13.4. The van der Waals surface area contributed by atoms with Crippen LogP contribution in [0.25, 0.3) is 11.3 Å². The van der Waals surface area contributed by atoms with Gasteiger partial charge in [0.1, 0.15) is 23.1 Å². The van der Waals surface area contributed by atoms with Crippen molar-refractivity contribution in [1.29, 1.82) is 0 Å². The van der Waals surface area contributed by atoms with Crippen LogP contribution < -0.4 is 0 Å². The van der Waals surface area contributed by atoms with Crippen LogP contribution >= 0.6 is 10.7 Å². The van der Waals surface area contributed by atoms with E-state index in [2.05, 4.69) is 5.16 Å². The summed E-state index contributed by atoms with van der Waals surface area (Å²) >= 11 is 0. The summed E-state index contributed by atoms with van der Waals surface area (Å²) in [5.41, 5.74) is 0.0332. The molecule has 0 spiro atoms. The summed E-state index contributed by atoms with van der Waals surface area (Å²) < 4.78 is 52.5. The Morgan fingerprint density at radius 3 is 2.61 bits per heavy atom. The smallest absolute Gasteiger partial charge is 0.238 e. The molecule has 1 heterocycles. The highest BCUT2D eigenvalue weighted by Gasteiger charge is 2.15. The topological polar surface area (TPSA) is 60.2 Å². The molecule has 18 heavy (non-hydrogen) atoms. The lowest BCUT2D eigenvalue weighted by molar-refractivity contribution is 0.423. The summed E-state index contributed by atoms with van der Waals surface area (Å²) in [7, 11) is 1.28. The lowest BCUT2D eigenvalue weighted by atomic mass is 10.1. The van der Waals surface area contributed by atoms with Crippen molar-refractivity contribution in [3.05, 3.63) is 41.6 Å². The summed E-state index contributed by atoms with van der Waals surface area (Å²) in [5.74, 6) is -2.07. The first-order valence-corrected chi connectivity index (χ1v) is 7.16. The van der Waals surface area contributed by atoms with Crippen LogP contribution in [0.15, 0.2) is 28.8 Å². The monoisotopic (exact) mass is 293 g/mol. The van der Waals surface area contributed by atoms with E-state index in [-0.39, 0.29) is 17.0 Å². The van der Waals surface area contributed by atoms with Gasteiger partial charge >= 0.3 is 0 Å². The van der Waals surface area contributed by atoms with Gasteiger partial charge in [0.15, 0.2) is 5.76 Å². The molecule has 2 aromatic rings. The van der Waals surface area contributed by atoms with Gasteiger partial charge in [0.25, 0.3) is 0 Å². The molecular weight excluding hydrogens is 288 g/mol. The summed E-state index contributed by atoms with van der Waals surface area (Å²) in [6.45, 7) is 0. The van der Waals surface area contributed by atoms with Crippen molar-refractivity contribution in [2.75, 3.05) is 0 Å². The van der Waals surface area contributed by atoms with Crippen molar-refractivity contribution in [3.63, 3.8) is 0 Å². The second-order valence-electron chi connectivity index (χ2n) is 3.49. The van der Waals surface area contributed by atoms with E-state index in [4.69, 9.17) is 15.2 Å². The van der Waals surface area contributed by atoms with E-state index in [1.165, 1.54) is 12.1 Å². The molecule has 4 nitrogen and oxygen atoms in total. The number of aromatic nitrogens is 1. The minimum Gasteiger partial charge on any atom is -0.356 e. The Kier molecular flexibility index (Phi) is 3.36. The summed E-state index contributed by atoms with van der Waals surface area (Å²) in [4.78, 5) is 0. The Morgan fingerprint density at radius 1 is 1.28 bits per heavy atom. The third kappa shape index (κ3) is 3.05. The molecule has 0 aliphatic carbocycles. The molecule has 1 aromatic carbocycles. The van der Waals surface area contributed by atoms with Crippen LogP contribution in [0.3, 0.4) is 0 Å². The molecule has 0 N–H and O–H groups in total. The predicted octanol–water partition coefficient (Wildman–Crippen LogP) is 2.69. The van der Waals surface area contributed by atoms with Crippen molar-refractivity contribution < 1.29 is 21.7 Å². The molecule has 0 unspecified atom stereocenters. The highest BCUT2D eigenvalue weighted by molar-refractivity contribution is 8.13. The van der Waals surface area contributed by atoms with Crippen molar-refractivity contribution in [2.45, 2.75) is 5.75 Å². The molecule has 0 fully saturated rings. The Bertz CT molecular complexity index is 684. The Labute approximate surface area is 106 Å². The third-order valence-corrected chi connectivity index (χ3v) is 3.04. The minimum atomic E-state index is -3.77. The third-order valence-electron chi connectivity index (χ3n) is 2.08. The minimum absolute atomic E-state index is 0.00261. The Hall–Kier alpha value is -1.47. The number of hydrogen-bond acceptors (Lipinski definition) is 4. The van der Waals surface area contributed by atoms with Crippen LogP contribution in [0.2, 0.25) is 0 Å². The number of halogens is 3. The number of benzene rings is 1. The van der Waals surface area contributed by atoms with Gasteiger partial charge in [-0.05, 0) is 12.1 Å². The van der Waals surface area contributed by atoms with Crippen molar-refractivity contribution in [1.82, 2.24) is 5.16 Å². The Balaban J connectivity index is 2.35. The van der Waals surface area contributed by atoms with Crippen LogP contribution in [0.4, 0.5) is 8.78 Å². The maximum absolute atomic E-state index is 13.4. The molecule has 0 radical (unpaired) electrons. The van der Waals surface area contributed by atoms with Gasteiger partial charge < -0.3 is 4.52 Å².